The van der Waals surface area contributed by atoms with Crippen LogP contribution in [0.2, 0.25) is 0 Å². The van der Waals surface area contributed by atoms with Gasteiger partial charge in [0.15, 0.2) is 5.76 Å². The minimum Gasteiger partial charge on any atom is -0.494 e. The minimum atomic E-state index is -0.133. The summed E-state index contributed by atoms with van der Waals surface area (Å²) in [5.74, 6) is 2.09. The first kappa shape index (κ1) is 16.8. The van der Waals surface area contributed by atoms with Gasteiger partial charge in [-0.15, -0.1) is 0 Å². The van der Waals surface area contributed by atoms with Gasteiger partial charge in [0.1, 0.15) is 23.9 Å². The lowest BCUT2D eigenvalue weighted by atomic mass is 10.1. The molecule has 0 saturated carbocycles. The van der Waals surface area contributed by atoms with Crippen LogP contribution in [-0.2, 0) is 0 Å². The summed E-state index contributed by atoms with van der Waals surface area (Å²) < 4.78 is 16.8. The molecule has 0 N–H and O–H groups in total. The van der Waals surface area contributed by atoms with E-state index in [2.05, 4.69) is 6.58 Å². The van der Waals surface area contributed by atoms with Crippen molar-refractivity contribution in [2.75, 3.05) is 13.2 Å². The van der Waals surface area contributed by atoms with Crippen LogP contribution in [0.3, 0.4) is 0 Å². The Bertz CT molecular complexity index is 849. The molecule has 0 amide bonds. The SMILES string of the molecule is C=C(C)COc1cccc(/C=C2\Oc3cc(OCC)ccc3C2=O)c1. The van der Waals surface area contributed by atoms with E-state index in [1.54, 1.807) is 24.3 Å². The van der Waals surface area contributed by atoms with E-state index >= 15 is 0 Å². The van der Waals surface area contributed by atoms with E-state index in [4.69, 9.17) is 14.2 Å². The fourth-order valence-electron chi connectivity index (χ4n) is 2.48. The van der Waals surface area contributed by atoms with E-state index in [0.717, 1.165) is 16.9 Å². The molecule has 0 unspecified atom stereocenters. The van der Waals surface area contributed by atoms with E-state index in [1.807, 2.05) is 38.1 Å². The molecule has 1 aliphatic heterocycles. The van der Waals surface area contributed by atoms with E-state index in [1.165, 1.54) is 0 Å². The second-order valence-electron chi connectivity index (χ2n) is 5.85. The van der Waals surface area contributed by atoms with Gasteiger partial charge in [-0.3, -0.25) is 4.79 Å². The Hall–Kier alpha value is -3.01. The molecule has 25 heavy (non-hydrogen) atoms. The average molecular weight is 336 g/mol. The molecule has 1 aliphatic rings. The molecule has 4 nitrogen and oxygen atoms in total. The molecule has 0 radical (unpaired) electrons. The lowest BCUT2D eigenvalue weighted by Gasteiger charge is -2.06. The van der Waals surface area contributed by atoms with Crippen LogP contribution < -0.4 is 14.2 Å². The molecule has 2 aromatic rings. The summed E-state index contributed by atoms with van der Waals surface area (Å²) in [6, 6.07) is 12.7. The molecule has 0 bridgehead atoms. The van der Waals surface area contributed by atoms with Crippen molar-refractivity contribution < 1.29 is 19.0 Å². The van der Waals surface area contributed by atoms with E-state index in [-0.39, 0.29) is 5.78 Å². The van der Waals surface area contributed by atoms with Crippen LogP contribution >= 0.6 is 0 Å². The highest BCUT2D eigenvalue weighted by atomic mass is 16.5. The lowest BCUT2D eigenvalue weighted by Crippen LogP contribution is -1.99. The maximum absolute atomic E-state index is 12.5. The molecular formula is C21H20O4. The van der Waals surface area contributed by atoms with Crippen molar-refractivity contribution in [3.8, 4) is 17.2 Å². The quantitative estimate of drug-likeness (QED) is 0.569. The fourth-order valence-corrected chi connectivity index (χ4v) is 2.48. The molecule has 0 atom stereocenters. The number of hydrogen-bond donors (Lipinski definition) is 0. The molecule has 128 valence electrons. The Labute approximate surface area is 147 Å². The van der Waals surface area contributed by atoms with Crippen molar-refractivity contribution in [1.29, 1.82) is 0 Å². The third-order valence-electron chi connectivity index (χ3n) is 3.59. The number of rotatable bonds is 6. The highest BCUT2D eigenvalue weighted by Gasteiger charge is 2.27. The summed E-state index contributed by atoms with van der Waals surface area (Å²) in [6.45, 7) is 8.66. The first-order valence-corrected chi connectivity index (χ1v) is 8.15. The highest BCUT2D eigenvalue weighted by molar-refractivity contribution is 6.14. The number of hydrogen-bond acceptors (Lipinski definition) is 4. The van der Waals surface area contributed by atoms with Crippen molar-refractivity contribution in [3.63, 3.8) is 0 Å². The van der Waals surface area contributed by atoms with Gasteiger partial charge in [-0.25, -0.2) is 0 Å². The number of benzene rings is 2. The molecule has 0 spiro atoms. The average Bonchev–Trinajstić information content (AvgIpc) is 2.89. The molecule has 4 heteroatoms. The Morgan fingerprint density at radius 3 is 2.72 bits per heavy atom. The van der Waals surface area contributed by atoms with Gasteiger partial charge in [0.2, 0.25) is 5.78 Å². The maximum Gasteiger partial charge on any atom is 0.231 e. The minimum absolute atomic E-state index is 0.133. The summed E-state index contributed by atoms with van der Waals surface area (Å²) in [4.78, 5) is 12.5. The van der Waals surface area contributed by atoms with Crippen molar-refractivity contribution in [1.82, 2.24) is 0 Å². The Balaban J connectivity index is 1.81. The van der Waals surface area contributed by atoms with Crippen LogP contribution in [0, 0.1) is 0 Å². The van der Waals surface area contributed by atoms with Crippen molar-refractivity contribution >= 4 is 11.9 Å². The van der Waals surface area contributed by atoms with Gasteiger partial charge in [-0.1, -0.05) is 18.7 Å². The third-order valence-corrected chi connectivity index (χ3v) is 3.59. The first-order valence-electron chi connectivity index (χ1n) is 8.15. The van der Waals surface area contributed by atoms with Crippen LogP contribution in [0.15, 0.2) is 60.4 Å². The zero-order chi connectivity index (χ0) is 17.8. The number of carbonyl (C=O) groups excluding carboxylic acids is 1. The largest absolute Gasteiger partial charge is 0.494 e. The predicted octanol–water partition coefficient (Wildman–Crippen LogP) is 4.66. The van der Waals surface area contributed by atoms with Crippen LogP contribution in [-0.4, -0.2) is 19.0 Å². The van der Waals surface area contributed by atoms with E-state index < -0.39 is 0 Å². The smallest absolute Gasteiger partial charge is 0.231 e. The summed E-state index contributed by atoms with van der Waals surface area (Å²) in [6.07, 6.45) is 1.72. The molecule has 0 saturated heterocycles. The van der Waals surface area contributed by atoms with Gasteiger partial charge in [0.05, 0.1) is 12.2 Å². The predicted molar refractivity (Wildman–Crippen MR) is 97.3 cm³/mol. The normalized spacial score (nSPS) is 14.2. The standard InChI is InChI=1S/C21H20O4/c1-4-23-17-8-9-18-19(12-17)25-20(21(18)22)11-15-6-5-7-16(10-15)24-13-14(2)3/h5-12H,2,4,13H2,1,3H3/b20-11-. The topological polar surface area (TPSA) is 44.8 Å². The molecule has 0 aromatic heterocycles. The molecular weight excluding hydrogens is 316 g/mol. The Kier molecular flexibility index (Phi) is 4.89. The zero-order valence-electron chi connectivity index (χ0n) is 14.4. The molecule has 2 aromatic carbocycles. The first-order chi connectivity index (χ1) is 12.1. The lowest BCUT2D eigenvalue weighted by molar-refractivity contribution is 0.101. The maximum atomic E-state index is 12.5. The summed E-state index contributed by atoms with van der Waals surface area (Å²) >= 11 is 0. The zero-order valence-corrected chi connectivity index (χ0v) is 14.4. The van der Waals surface area contributed by atoms with Crippen molar-refractivity contribution in [3.05, 3.63) is 71.5 Å². The molecule has 0 fully saturated rings. The van der Waals surface area contributed by atoms with Crippen LogP contribution in [0.25, 0.3) is 6.08 Å². The van der Waals surface area contributed by atoms with E-state index in [0.29, 0.717) is 36.0 Å². The van der Waals surface area contributed by atoms with Gasteiger partial charge in [-0.2, -0.15) is 0 Å². The van der Waals surface area contributed by atoms with Crippen molar-refractivity contribution in [2.24, 2.45) is 0 Å². The molecule has 1 heterocycles. The highest BCUT2D eigenvalue weighted by Crippen LogP contribution is 2.35. The third kappa shape index (κ3) is 3.91. The number of Topliss-reactive ketones (excluding diaryl/α,β-unsaturated/α-hetero) is 1. The fraction of sp³-hybridized carbons (Fsp3) is 0.190. The monoisotopic (exact) mass is 336 g/mol. The Morgan fingerprint density at radius 1 is 1.16 bits per heavy atom. The number of ether oxygens (including phenoxy) is 3. The molecule has 3 rings (SSSR count). The molecule has 0 aliphatic carbocycles. The summed E-state index contributed by atoms with van der Waals surface area (Å²) in [5.41, 5.74) is 2.32. The summed E-state index contributed by atoms with van der Waals surface area (Å²) in [7, 11) is 0. The number of allylic oxidation sites excluding steroid dienone is 1. The van der Waals surface area contributed by atoms with Gasteiger partial charge in [0, 0.05) is 6.07 Å². The Morgan fingerprint density at radius 2 is 1.96 bits per heavy atom. The second-order valence-corrected chi connectivity index (χ2v) is 5.85. The van der Waals surface area contributed by atoms with E-state index in [9.17, 15) is 4.79 Å². The van der Waals surface area contributed by atoms with Gasteiger partial charge >= 0.3 is 0 Å². The second kappa shape index (κ2) is 7.26. The van der Waals surface area contributed by atoms with Crippen molar-refractivity contribution in [2.45, 2.75) is 13.8 Å². The number of ketones is 1. The number of fused-ring (bicyclic) bond motifs is 1. The van der Waals surface area contributed by atoms with Crippen LogP contribution in [0.5, 0.6) is 17.2 Å². The van der Waals surface area contributed by atoms with Gasteiger partial charge in [0.25, 0.3) is 0 Å². The van der Waals surface area contributed by atoms with Crippen LogP contribution in [0.1, 0.15) is 29.8 Å². The number of carbonyl (C=O) groups is 1. The summed E-state index contributed by atoms with van der Waals surface area (Å²) in [5, 5.41) is 0. The van der Waals surface area contributed by atoms with Gasteiger partial charge < -0.3 is 14.2 Å². The van der Waals surface area contributed by atoms with Gasteiger partial charge in [-0.05, 0) is 55.3 Å². The van der Waals surface area contributed by atoms with Crippen LogP contribution in [0.4, 0.5) is 0 Å².